The third-order valence-corrected chi connectivity index (χ3v) is 7.36. The molecule has 1 amide bonds. The normalized spacial score (nSPS) is 15.9. The number of hydrogen-bond donors (Lipinski definition) is 1. The molecular weight excluding hydrogens is 406 g/mol. The van der Waals surface area contributed by atoms with Crippen LogP contribution in [0.2, 0.25) is 5.02 Å². The van der Waals surface area contributed by atoms with Gasteiger partial charge in [0, 0.05) is 23.9 Å². The molecule has 1 aliphatic rings. The van der Waals surface area contributed by atoms with Crippen LogP contribution < -0.4 is 5.32 Å². The van der Waals surface area contributed by atoms with Gasteiger partial charge in [-0.25, -0.2) is 13.4 Å². The largest absolute Gasteiger partial charge is 0.298 e. The molecule has 2 heterocycles. The number of sulfonamides is 1. The Hall–Kier alpha value is -1.48. The van der Waals surface area contributed by atoms with Crippen LogP contribution in [0.5, 0.6) is 0 Å². The van der Waals surface area contributed by atoms with Gasteiger partial charge in [0.05, 0.1) is 21.2 Å². The summed E-state index contributed by atoms with van der Waals surface area (Å²) in [5, 5.41) is 5.26. The number of nitrogens with one attached hydrogen (secondary N) is 1. The smallest absolute Gasteiger partial charge is 0.259 e. The zero-order chi connectivity index (χ0) is 19.8. The highest BCUT2D eigenvalue weighted by molar-refractivity contribution is 7.89. The summed E-state index contributed by atoms with van der Waals surface area (Å²) in [6, 6.07) is 4.22. The molecular formula is C18H22ClN3O3S2. The van der Waals surface area contributed by atoms with Gasteiger partial charge in [-0.15, -0.1) is 11.3 Å². The van der Waals surface area contributed by atoms with Crippen LogP contribution in [0.25, 0.3) is 0 Å². The van der Waals surface area contributed by atoms with Crippen molar-refractivity contribution in [1.82, 2.24) is 9.29 Å². The summed E-state index contributed by atoms with van der Waals surface area (Å²) >= 11 is 7.48. The van der Waals surface area contributed by atoms with Crippen molar-refractivity contribution in [3.63, 3.8) is 0 Å². The van der Waals surface area contributed by atoms with Gasteiger partial charge in [-0.1, -0.05) is 32.4 Å². The Morgan fingerprint density at radius 3 is 2.52 bits per heavy atom. The average molecular weight is 428 g/mol. The van der Waals surface area contributed by atoms with E-state index in [0.29, 0.717) is 18.2 Å². The van der Waals surface area contributed by atoms with Crippen LogP contribution in [0.1, 0.15) is 49.7 Å². The first-order chi connectivity index (χ1) is 12.6. The second kappa shape index (κ2) is 7.50. The van der Waals surface area contributed by atoms with Gasteiger partial charge in [0.1, 0.15) is 0 Å². The fourth-order valence-corrected chi connectivity index (χ4v) is 5.44. The van der Waals surface area contributed by atoms with Gasteiger partial charge < -0.3 is 0 Å². The van der Waals surface area contributed by atoms with Crippen molar-refractivity contribution >= 4 is 44.0 Å². The maximum atomic E-state index is 12.7. The Balaban J connectivity index is 1.85. The minimum Gasteiger partial charge on any atom is -0.298 e. The van der Waals surface area contributed by atoms with Crippen LogP contribution in [-0.4, -0.2) is 36.7 Å². The number of anilines is 1. The molecule has 9 heteroatoms. The van der Waals surface area contributed by atoms with Crippen LogP contribution in [0.4, 0.5) is 5.13 Å². The zero-order valence-electron chi connectivity index (χ0n) is 15.5. The molecule has 6 nitrogen and oxygen atoms in total. The first kappa shape index (κ1) is 20.3. The van der Waals surface area contributed by atoms with E-state index in [1.807, 2.05) is 26.2 Å². The minimum atomic E-state index is -3.62. The molecule has 0 radical (unpaired) electrons. The summed E-state index contributed by atoms with van der Waals surface area (Å²) in [5.41, 5.74) is 0.865. The van der Waals surface area contributed by atoms with Crippen molar-refractivity contribution < 1.29 is 13.2 Å². The number of nitrogens with zero attached hydrogens (tertiary/aromatic N) is 2. The number of benzene rings is 1. The summed E-state index contributed by atoms with van der Waals surface area (Å²) in [6.07, 6.45) is 1.70. The van der Waals surface area contributed by atoms with Crippen LogP contribution in [0.15, 0.2) is 28.5 Å². The van der Waals surface area contributed by atoms with Crippen LogP contribution in [0, 0.1) is 0 Å². The molecule has 0 spiro atoms. The fraction of sp³-hybridized carbons (Fsp3) is 0.444. The molecule has 27 heavy (non-hydrogen) atoms. The number of halogens is 1. The van der Waals surface area contributed by atoms with Gasteiger partial charge in [-0.3, -0.25) is 10.1 Å². The molecule has 0 bridgehead atoms. The fourth-order valence-electron chi connectivity index (χ4n) is 2.76. The predicted octanol–water partition coefficient (Wildman–Crippen LogP) is 4.13. The zero-order valence-corrected chi connectivity index (χ0v) is 17.8. The maximum Gasteiger partial charge on any atom is 0.259 e. The molecule has 3 rings (SSSR count). The van der Waals surface area contributed by atoms with E-state index in [2.05, 4.69) is 10.3 Å². The second-order valence-corrected chi connectivity index (χ2v) is 10.7. The third-order valence-electron chi connectivity index (χ3n) is 4.38. The topological polar surface area (TPSA) is 79.4 Å². The maximum absolute atomic E-state index is 12.7. The summed E-state index contributed by atoms with van der Waals surface area (Å²) in [5.74, 6) is -0.478. The van der Waals surface area contributed by atoms with Gasteiger partial charge in [0.15, 0.2) is 5.13 Å². The van der Waals surface area contributed by atoms with Crippen molar-refractivity contribution in [3.05, 3.63) is 39.9 Å². The lowest BCUT2D eigenvalue weighted by atomic mass is 9.93. The number of carbonyl (C=O) groups is 1. The van der Waals surface area contributed by atoms with Crippen LogP contribution in [-0.2, 0) is 15.4 Å². The highest BCUT2D eigenvalue weighted by Gasteiger charge is 2.28. The Morgan fingerprint density at radius 1 is 1.26 bits per heavy atom. The van der Waals surface area contributed by atoms with Crippen molar-refractivity contribution in [1.29, 1.82) is 0 Å². The van der Waals surface area contributed by atoms with Gasteiger partial charge in [-0.05, 0) is 31.0 Å². The molecule has 1 fully saturated rings. The number of thiazole rings is 1. The molecule has 0 saturated carbocycles. The molecule has 0 aliphatic carbocycles. The molecule has 1 aliphatic heterocycles. The lowest BCUT2D eigenvalue weighted by Crippen LogP contribution is -2.28. The van der Waals surface area contributed by atoms with E-state index >= 15 is 0 Å². The number of aromatic nitrogens is 1. The SMILES string of the molecule is CC(C)(C)c1csc(NC(=O)c2cc(S(=O)(=O)N3CCCC3)ccc2Cl)n1. The second-order valence-electron chi connectivity index (χ2n) is 7.49. The molecule has 0 unspecified atom stereocenters. The molecule has 1 N–H and O–H groups in total. The van der Waals surface area contributed by atoms with E-state index in [-0.39, 0.29) is 20.9 Å². The Labute approximate surface area is 168 Å². The van der Waals surface area contributed by atoms with Crippen molar-refractivity contribution in [3.8, 4) is 0 Å². The third kappa shape index (κ3) is 4.34. The summed E-state index contributed by atoms with van der Waals surface area (Å²) in [6.45, 7) is 7.12. The lowest BCUT2D eigenvalue weighted by molar-refractivity contribution is 0.102. The molecule has 1 aromatic carbocycles. The predicted molar refractivity (Wildman–Crippen MR) is 108 cm³/mol. The van der Waals surface area contributed by atoms with E-state index in [4.69, 9.17) is 11.6 Å². The van der Waals surface area contributed by atoms with Gasteiger partial charge in [-0.2, -0.15) is 4.31 Å². The van der Waals surface area contributed by atoms with E-state index in [9.17, 15) is 13.2 Å². The van der Waals surface area contributed by atoms with E-state index in [1.54, 1.807) is 0 Å². The first-order valence-electron chi connectivity index (χ1n) is 8.66. The Kier molecular flexibility index (Phi) is 5.63. The summed E-state index contributed by atoms with van der Waals surface area (Å²) in [4.78, 5) is 17.2. The molecule has 1 aromatic heterocycles. The Bertz CT molecular complexity index is 958. The van der Waals surface area contributed by atoms with Crippen molar-refractivity contribution in [2.24, 2.45) is 0 Å². The standard InChI is InChI=1S/C18H22ClN3O3S2/c1-18(2,3)15-11-26-17(20-15)21-16(23)13-10-12(6-7-14(13)19)27(24,25)22-8-4-5-9-22/h6-7,10-11H,4-5,8-9H2,1-3H3,(H,20,21,23). The molecule has 1 saturated heterocycles. The van der Waals surface area contributed by atoms with Crippen molar-refractivity contribution in [2.45, 2.75) is 43.9 Å². The van der Waals surface area contributed by atoms with E-state index in [0.717, 1.165) is 18.5 Å². The monoisotopic (exact) mass is 427 g/mol. The summed E-state index contributed by atoms with van der Waals surface area (Å²) < 4.78 is 26.9. The van der Waals surface area contributed by atoms with Gasteiger partial charge in [0.25, 0.3) is 5.91 Å². The van der Waals surface area contributed by atoms with E-state index in [1.165, 1.54) is 33.8 Å². The highest BCUT2D eigenvalue weighted by atomic mass is 35.5. The van der Waals surface area contributed by atoms with E-state index < -0.39 is 15.9 Å². The number of hydrogen-bond acceptors (Lipinski definition) is 5. The highest BCUT2D eigenvalue weighted by Crippen LogP contribution is 2.28. The van der Waals surface area contributed by atoms with Crippen LogP contribution in [0.3, 0.4) is 0 Å². The van der Waals surface area contributed by atoms with Gasteiger partial charge >= 0.3 is 0 Å². The average Bonchev–Trinajstić information content (AvgIpc) is 3.26. The quantitative estimate of drug-likeness (QED) is 0.795. The van der Waals surface area contributed by atoms with Gasteiger partial charge in [0.2, 0.25) is 10.0 Å². The first-order valence-corrected chi connectivity index (χ1v) is 11.4. The number of carbonyl (C=O) groups excluding carboxylic acids is 1. The molecule has 146 valence electrons. The molecule has 2 aromatic rings. The number of rotatable bonds is 4. The minimum absolute atomic E-state index is 0.0773. The lowest BCUT2D eigenvalue weighted by Gasteiger charge is -2.16. The van der Waals surface area contributed by atoms with Crippen LogP contribution >= 0.6 is 22.9 Å². The summed E-state index contributed by atoms with van der Waals surface area (Å²) in [7, 11) is -3.62. The number of amides is 1. The molecule has 0 atom stereocenters. The Morgan fingerprint density at radius 2 is 1.93 bits per heavy atom. The van der Waals surface area contributed by atoms with Crippen molar-refractivity contribution in [2.75, 3.05) is 18.4 Å².